The number of carbonyl (C=O) groups excluding carboxylic acids is 1. The molecule has 0 saturated heterocycles. The van der Waals surface area contributed by atoms with Crippen LogP contribution in [-0.2, 0) is 11.4 Å². The first-order chi connectivity index (χ1) is 15.8. The van der Waals surface area contributed by atoms with Gasteiger partial charge < -0.3 is 14.5 Å². The van der Waals surface area contributed by atoms with E-state index in [1.165, 1.54) is 6.92 Å². The molecule has 1 aromatic heterocycles. The molecule has 0 saturated carbocycles. The fourth-order valence-corrected chi connectivity index (χ4v) is 4.63. The number of unbranched alkanes of at least 4 members (excludes halogenated alkanes) is 1. The van der Waals surface area contributed by atoms with E-state index in [-0.39, 0.29) is 11.7 Å². The molecule has 0 fully saturated rings. The summed E-state index contributed by atoms with van der Waals surface area (Å²) in [5.41, 5.74) is 4.68. The van der Waals surface area contributed by atoms with Crippen molar-refractivity contribution in [2.45, 2.75) is 80.1 Å². The minimum atomic E-state index is -0.953. The first-order valence-electron chi connectivity index (χ1n) is 12.3. The zero-order valence-electron chi connectivity index (χ0n) is 20.9. The molecular weight excluding hydrogens is 412 g/mol. The Bertz CT molecular complexity index is 1140. The van der Waals surface area contributed by atoms with Gasteiger partial charge in [0.1, 0.15) is 0 Å². The maximum absolute atomic E-state index is 13.6. The zero-order chi connectivity index (χ0) is 24.1. The number of Topliss-reactive ketones (excluding diaryl/α,β-unsaturated/α-hetero) is 1. The van der Waals surface area contributed by atoms with Gasteiger partial charge in [-0.2, -0.15) is 0 Å². The summed E-state index contributed by atoms with van der Waals surface area (Å²) in [6, 6.07) is 12.4. The average molecular weight is 451 g/mol. The molecule has 3 aromatic rings. The Hall–Kier alpha value is -2.66. The molecular formula is C28H38N2O3. The topological polar surface area (TPSA) is 63.8 Å². The Labute approximate surface area is 197 Å². The molecule has 0 spiro atoms. The molecule has 3 atom stereocenters. The van der Waals surface area contributed by atoms with Gasteiger partial charge in [0.15, 0.2) is 5.78 Å². The fourth-order valence-electron chi connectivity index (χ4n) is 4.63. The minimum absolute atomic E-state index is 0.0643. The molecule has 0 aliphatic heterocycles. The minimum Gasteiger partial charge on any atom is -0.364 e. The molecule has 0 aliphatic rings. The number of nitrogens with zero attached hydrogens (tertiary/aromatic N) is 2. The monoisotopic (exact) mass is 450 g/mol. The number of aromatic nitrogens is 1. The van der Waals surface area contributed by atoms with E-state index >= 15 is 0 Å². The normalized spacial score (nSPS) is 15.1. The lowest BCUT2D eigenvalue weighted by atomic mass is 9.81. The maximum atomic E-state index is 13.6. The van der Waals surface area contributed by atoms with Gasteiger partial charge in [-0.1, -0.05) is 51.3 Å². The summed E-state index contributed by atoms with van der Waals surface area (Å²) >= 11 is 0. The van der Waals surface area contributed by atoms with Crippen molar-refractivity contribution >= 4 is 33.3 Å². The smallest absolute Gasteiger partial charge is 0.221 e. The lowest BCUT2D eigenvalue weighted by Gasteiger charge is -2.22. The van der Waals surface area contributed by atoms with Crippen molar-refractivity contribution < 1.29 is 14.7 Å². The van der Waals surface area contributed by atoms with Crippen molar-refractivity contribution in [3.8, 4) is 0 Å². The molecule has 178 valence electrons. The van der Waals surface area contributed by atoms with E-state index in [4.69, 9.17) is 4.84 Å². The molecule has 0 amide bonds. The van der Waals surface area contributed by atoms with Gasteiger partial charge >= 0.3 is 0 Å². The van der Waals surface area contributed by atoms with Gasteiger partial charge in [0.25, 0.3) is 0 Å². The van der Waals surface area contributed by atoms with Gasteiger partial charge in [-0.15, -0.1) is 0 Å². The van der Waals surface area contributed by atoms with Crippen LogP contribution in [0.2, 0.25) is 0 Å². The zero-order valence-corrected chi connectivity index (χ0v) is 20.9. The highest BCUT2D eigenvalue weighted by molar-refractivity contribution is 6.13. The predicted molar refractivity (Wildman–Crippen MR) is 137 cm³/mol. The largest absolute Gasteiger partial charge is 0.364 e. The van der Waals surface area contributed by atoms with E-state index in [1.54, 1.807) is 0 Å². The number of ketones is 1. The third kappa shape index (κ3) is 5.30. The lowest BCUT2D eigenvalue weighted by molar-refractivity contribution is -0.0837. The Morgan fingerprint density at radius 1 is 1.03 bits per heavy atom. The molecule has 33 heavy (non-hydrogen) atoms. The average Bonchev–Trinajstić information content (AvgIpc) is 3.14. The van der Waals surface area contributed by atoms with Crippen LogP contribution >= 0.6 is 0 Å². The molecule has 0 aliphatic carbocycles. The van der Waals surface area contributed by atoms with Gasteiger partial charge in [-0.25, -0.2) is 0 Å². The van der Waals surface area contributed by atoms with E-state index in [0.717, 1.165) is 65.2 Å². The third-order valence-corrected chi connectivity index (χ3v) is 6.76. The van der Waals surface area contributed by atoms with Crippen molar-refractivity contribution in [1.29, 1.82) is 0 Å². The van der Waals surface area contributed by atoms with E-state index in [0.29, 0.717) is 11.6 Å². The Kier molecular flexibility index (Phi) is 8.30. The second-order valence-electron chi connectivity index (χ2n) is 9.09. The van der Waals surface area contributed by atoms with Gasteiger partial charge in [0, 0.05) is 46.8 Å². The number of aryl methyl sites for hydroxylation is 1. The molecule has 3 rings (SSSR count). The van der Waals surface area contributed by atoms with E-state index < -0.39 is 6.29 Å². The number of aliphatic hydroxyl groups is 1. The van der Waals surface area contributed by atoms with Crippen LogP contribution in [0, 0.1) is 11.8 Å². The Morgan fingerprint density at radius 2 is 1.64 bits per heavy atom. The highest BCUT2D eigenvalue weighted by Gasteiger charge is 2.25. The van der Waals surface area contributed by atoms with Crippen LogP contribution < -0.4 is 0 Å². The highest BCUT2D eigenvalue weighted by atomic mass is 16.7. The quantitative estimate of drug-likeness (QED) is 0.149. The Balaban J connectivity index is 2.11. The van der Waals surface area contributed by atoms with Gasteiger partial charge in [-0.05, 0) is 62.1 Å². The van der Waals surface area contributed by atoms with Crippen molar-refractivity contribution in [1.82, 2.24) is 4.57 Å². The Morgan fingerprint density at radius 3 is 2.18 bits per heavy atom. The molecule has 1 heterocycles. The number of fused-ring (bicyclic) bond motifs is 3. The number of oxime groups is 1. The molecule has 0 bridgehead atoms. The first kappa shape index (κ1) is 25.0. The summed E-state index contributed by atoms with van der Waals surface area (Å²) in [7, 11) is 0. The summed E-state index contributed by atoms with van der Waals surface area (Å²) in [6.07, 6.45) is 3.18. The molecule has 1 N–H and O–H groups in total. The van der Waals surface area contributed by atoms with Crippen LogP contribution in [0.25, 0.3) is 21.8 Å². The standard InChI is InChI=1S/C28H38N2O3/c1-7-10-11-23(18(4)8-2)28(32)22-13-15-27-25(17-22)24-16-21(19(5)29-33-20(6)31)12-14-26(24)30(27)9-3/h12-18,20,23,31H,7-11H2,1-6H3/b29-19+. The maximum Gasteiger partial charge on any atom is 0.221 e. The SMILES string of the molecule is CCCCC(C(=O)c1ccc2c(c1)c1cc(/C(C)=N/OC(C)O)ccc1n2CC)C(C)CC. The van der Waals surface area contributed by atoms with Crippen LogP contribution in [0.15, 0.2) is 41.6 Å². The second-order valence-corrected chi connectivity index (χ2v) is 9.09. The number of rotatable bonds is 11. The van der Waals surface area contributed by atoms with Crippen molar-refractivity contribution in [3.63, 3.8) is 0 Å². The predicted octanol–water partition coefficient (Wildman–Crippen LogP) is 6.93. The van der Waals surface area contributed by atoms with Gasteiger partial charge in [-0.3, -0.25) is 4.79 Å². The van der Waals surface area contributed by atoms with Crippen LogP contribution in [0.1, 0.15) is 83.1 Å². The summed E-state index contributed by atoms with van der Waals surface area (Å²) < 4.78 is 2.28. The first-order valence-corrected chi connectivity index (χ1v) is 12.3. The number of benzene rings is 2. The number of hydrogen-bond acceptors (Lipinski definition) is 4. The highest BCUT2D eigenvalue weighted by Crippen LogP contribution is 2.33. The van der Waals surface area contributed by atoms with Crippen LogP contribution in [-0.4, -0.2) is 27.5 Å². The van der Waals surface area contributed by atoms with E-state index in [2.05, 4.69) is 61.7 Å². The van der Waals surface area contributed by atoms with Gasteiger partial charge in [0.05, 0.1) is 5.71 Å². The summed E-state index contributed by atoms with van der Waals surface area (Å²) in [5, 5.41) is 15.6. The molecule has 0 radical (unpaired) electrons. The molecule has 5 heteroatoms. The number of hydrogen-bond donors (Lipinski definition) is 1. The number of aliphatic hydroxyl groups excluding tert-OH is 1. The van der Waals surface area contributed by atoms with Crippen molar-refractivity contribution in [2.75, 3.05) is 0 Å². The van der Waals surface area contributed by atoms with E-state index in [1.807, 2.05) is 19.1 Å². The number of carbonyl (C=O) groups is 1. The third-order valence-electron chi connectivity index (χ3n) is 6.76. The van der Waals surface area contributed by atoms with Crippen LogP contribution in [0.3, 0.4) is 0 Å². The van der Waals surface area contributed by atoms with Crippen LogP contribution in [0.5, 0.6) is 0 Å². The molecule has 3 unspecified atom stereocenters. The second kappa shape index (κ2) is 11.0. The summed E-state index contributed by atoms with van der Waals surface area (Å²) in [5.74, 6) is 0.696. The summed E-state index contributed by atoms with van der Waals surface area (Å²) in [6.45, 7) is 12.9. The van der Waals surface area contributed by atoms with Crippen LogP contribution in [0.4, 0.5) is 0 Å². The van der Waals surface area contributed by atoms with Crippen molar-refractivity contribution in [3.05, 3.63) is 47.5 Å². The lowest BCUT2D eigenvalue weighted by Crippen LogP contribution is -2.22. The van der Waals surface area contributed by atoms with Crippen molar-refractivity contribution in [2.24, 2.45) is 17.0 Å². The summed E-state index contributed by atoms with van der Waals surface area (Å²) in [4.78, 5) is 18.6. The molecule has 2 aromatic carbocycles. The van der Waals surface area contributed by atoms with E-state index in [9.17, 15) is 9.90 Å². The fraction of sp³-hybridized carbons (Fsp3) is 0.500. The molecule has 5 nitrogen and oxygen atoms in total. The van der Waals surface area contributed by atoms with Gasteiger partial charge in [0.2, 0.25) is 6.29 Å².